The first kappa shape index (κ1) is 27.8. The van der Waals surface area contributed by atoms with Crippen LogP contribution in [0.5, 0.6) is 0 Å². The fourth-order valence-electron chi connectivity index (χ4n) is 2.07. The number of carbonyl (C=O) groups is 6. The summed E-state index contributed by atoms with van der Waals surface area (Å²) in [7, 11) is 0. The SMILES string of the molecule is N[C@@H](CCC(=O)N[C@@H](C[SeH])C(=O)O)C(=O)N[C@H](C=O)CCC(=O)N[C@@H](CS)C(=O)O. The van der Waals surface area contributed by atoms with Gasteiger partial charge in [-0.1, -0.05) is 0 Å². The summed E-state index contributed by atoms with van der Waals surface area (Å²) in [6.07, 6.45) is -0.168. The molecule has 0 aliphatic heterocycles. The number of nitrogens with two attached hydrogens (primary N) is 1. The Morgan fingerprint density at radius 1 is 0.933 bits per heavy atom. The molecule has 0 rings (SSSR count). The van der Waals surface area contributed by atoms with Crippen molar-refractivity contribution in [2.45, 2.75) is 55.2 Å². The molecule has 4 atom stereocenters. The summed E-state index contributed by atoms with van der Waals surface area (Å²) in [4.78, 5) is 68.4. The van der Waals surface area contributed by atoms with Gasteiger partial charge in [-0.3, -0.25) is 4.79 Å². The summed E-state index contributed by atoms with van der Waals surface area (Å²) in [5.41, 5.74) is 5.68. The van der Waals surface area contributed by atoms with E-state index >= 15 is 0 Å². The molecule has 0 heterocycles. The number of carbonyl (C=O) groups excluding carboxylic acids is 4. The second-order valence-corrected chi connectivity index (χ2v) is 7.35. The third-order valence-corrected chi connectivity index (χ3v) is 4.96. The molecule has 0 aromatic carbocycles. The number of hydrogen-bond acceptors (Lipinski definition) is 8. The van der Waals surface area contributed by atoms with Gasteiger partial charge >= 0.3 is 136 Å². The summed E-state index contributed by atoms with van der Waals surface area (Å²) < 4.78 is 0. The number of carboxylic acid groups (broad SMARTS) is 2. The zero-order valence-electron chi connectivity index (χ0n) is 15.9. The van der Waals surface area contributed by atoms with Gasteiger partial charge in [-0.2, -0.15) is 12.6 Å². The first-order valence-electron chi connectivity index (χ1n) is 8.82. The topological polar surface area (TPSA) is 205 Å². The van der Waals surface area contributed by atoms with Gasteiger partial charge in [0.1, 0.15) is 6.04 Å². The minimum atomic E-state index is -1.25. The van der Waals surface area contributed by atoms with Crippen LogP contribution in [0.1, 0.15) is 25.7 Å². The minimum absolute atomic E-state index is 0.0811. The Labute approximate surface area is 186 Å². The average Bonchev–Trinajstić information content (AvgIpc) is 2.70. The van der Waals surface area contributed by atoms with E-state index in [1.54, 1.807) is 0 Å². The third-order valence-electron chi connectivity index (χ3n) is 3.83. The summed E-state index contributed by atoms with van der Waals surface area (Å²) in [6, 6.07) is -4.39. The molecule has 3 amide bonds. The van der Waals surface area contributed by atoms with Gasteiger partial charge in [-0.15, -0.1) is 0 Å². The van der Waals surface area contributed by atoms with Crippen molar-refractivity contribution >= 4 is 64.6 Å². The van der Waals surface area contributed by atoms with Crippen LogP contribution in [0.15, 0.2) is 0 Å². The second-order valence-electron chi connectivity index (χ2n) is 6.22. The summed E-state index contributed by atoms with van der Waals surface area (Å²) in [5.74, 6) is -4.48. The number of rotatable bonds is 15. The Kier molecular flexibility index (Phi) is 13.7. The van der Waals surface area contributed by atoms with E-state index in [-0.39, 0.29) is 36.8 Å². The molecule has 0 aromatic heterocycles. The molecule has 0 unspecified atom stereocenters. The average molecular weight is 513 g/mol. The number of aldehydes is 1. The summed E-state index contributed by atoms with van der Waals surface area (Å²) in [5, 5.41) is 24.7. The molecule has 0 spiro atoms. The van der Waals surface area contributed by atoms with Crippen LogP contribution in [0.2, 0.25) is 5.32 Å². The normalized spacial score (nSPS) is 14.5. The van der Waals surface area contributed by atoms with E-state index in [0.29, 0.717) is 6.29 Å². The van der Waals surface area contributed by atoms with Gasteiger partial charge < -0.3 is 10.4 Å². The van der Waals surface area contributed by atoms with Gasteiger partial charge in [0, 0.05) is 5.75 Å². The van der Waals surface area contributed by atoms with E-state index in [9.17, 15) is 28.8 Å². The first-order chi connectivity index (χ1) is 14.0. The predicted octanol–water partition coefficient (Wildman–Crippen LogP) is -3.05. The zero-order valence-corrected chi connectivity index (χ0v) is 18.7. The molecule has 0 saturated carbocycles. The maximum absolute atomic E-state index is 12.1. The standard InChI is InChI=1S/C16H26N4O8SSe/c17-9(2-4-13(23)20-11(7-30)16(27)28)14(24)18-8(5-21)1-3-12(22)19-10(6-29)15(25)26/h5,8-11,29-30H,1-4,6-7,17H2,(H,18,24)(H,19,22)(H,20,23)(H,25,26)(H,27,28)/t8-,9-,10-,11-/m0/s1. The Balaban J connectivity index is 4.45. The number of hydrogen-bond donors (Lipinski definition) is 7. The van der Waals surface area contributed by atoms with Crippen LogP contribution >= 0.6 is 12.6 Å². The quantitative estimate of drug-likeness (QED) is 0.0674. The number of nitrogens with one attached hydrogen (secondary N) is 3. The van der Waals surface area contributed by atoms with E-state index in [4.69, 9.17) is 15.9 Å². The van der Waals surface area contributed by atoms with E-state index in [1.807, 2.05) is 16.0 Å². The van der Waals surface area contributed by atoms with Crippen LogP contribution < -0.4 is 21.7 Å². The summed E-state index contributed by atoms with van der Waals surface area (Å²) >= 11 is 5.86. The van der Waals surface area contributed by atoms with Crippen molar-refractivity contribution in [2.24, 2.45) is 5.73 Å². The number of amides is 3. The van der Waals surface area contributed by atoms with Crippen molar-refractivity contribution in [1.29, 1.82) is 0 Å². The van der Waals surface area contributed by atoms with Gasteiger partial charge in [0.25, 0.3) is 0 Å². The molecule has 170 valence electrons. The van der Waals surface area contributed by atoms with Crippen molar-refractivity contribution in [2.75, 3.05) is 5.75 Å². The fraction of sp³-hybridized carbons (Fsp3) is 0.625. The van der Waals surface area contributed by atoms with E-state index < -0.39 is 53.8 Å². The Morgan fingerprint density at radius 3 is 1.87 bits per heavy atom. The smallest absolute Gasteiger partial charge is 0.480 e. The zero-order chi connectivity index (χ0) is 23.3. The number of carboxylic acids is 2. The molecule has 7 N–H and O–H groups in total. The van der Waals surface area contributed by atoms with Crippen LogP contribution in [0.25, 0.3) is 0 Å². The third kappa shape index (κ3) is 11.1. The van der Waals surface area contributed by atoms with Gasteiger partial charge in [0.2, 0.25) is 5.91 Å². The van der Waals surface area contributed by atoms with Crippen LogP contribution in [-0.4, -0.2) is 92.1 Å². The van der Waals surface area contributed by atoms with Crippen molar-refractivity contribution in [3.05, 3.63) is 0 Å². The van der Waals surface area contributed by atoms with E-state index in [2.05, 4.69) is 28.6 Å². The second kappa shape index (κ2) is 14.8. The molecular weight excluding hydrogens is 487 g/mol. The van der Waals surface area contributed by atoms with Crippen LogP contribution in [0, 0.1) is 0 Å². The summed E-state index contributed by atoms with van der Waals surface area (Å²) in [6.45, 7) is 0. The predicted molar refractivity (Wildman–Crippen MR) is 109 cm³/mol. The maximum atomic E-state index is 12.1. The fourth-order valence-corrected chi connectivity index (χ4v) is 2.84. The van der Waals surface area contributed by atoms with Crippen molar-refractivity contribution in [3.63, 3.8) is 0 Å². The van der Waals surface area contributed by atoms with Gasteiger partial charge in [0.05, 0.1) is 0 Å². The molecule has 0 saturated heterocycles. The molecule has 0 bridgehead atoms. The number of thiol groups is 1. The Hall–Kier alpha value is -2.15. The van der Waals surface area contributed by atoms with Gasteiger partial charge in [-0.25, -0.2) is 4.79 Å². The number of aliphatic carboxylic acids is 2. The van der Waals surface area contributed by atoms with Crippen LogP contribution in [0.3, 0.4) is 0 Å². The molecule has 0 aromatic rings. The molecule has 0 aliphatic carbocycles. The Morgan fingerprint density at radius 2 is 1.43 bits per heavy atom. The first-order valence-corrected chi connectivity index (χ1v) is 10.8. The molecule has 0 radical (unpaired) electrons. The molecule has 0 aliphatic rings. The van der Waals surface area contributed by atoms with Gasteiger partial charge in [-0.05, 0) is 0 Å². The van der Waals surface area contributed by atoms with Crippen molar-refractivity contribution < 1.29 is 39.0 Å². The van der Waals surface area contributed by atoms with Gasteiger partial charge in [0.15, 0.2) is 0 Å². The Bertz CT molecular complexity index is 651. The van der Waals surface area contributed by atoms with Crippen LogP contribution in [0.4, 0.5) is 0 Å². The molecule has 12 nitrogen and oxygen atoms in total. The van der Waals surface area contributed by atoms with E-state index in [0.717, 1.165) is 0 Å². The van der Waals surface area contributed by atoms with Crippen molar-refractivity contribution in [3.8, 4) is 0 Å². The molecule has 30 heavy (non-hydrogen) atoms. The minimum Gasteiger partial charge on any atom is -0.480 e. The van der Waals surface area contributed by atoms with E-state index in [1.165, 1.54) is 0 Å². The van der Waals surface area contributed by atoms with Crippen LogP contribution in [-0.2, 0) is 28.8 Å². The monoisotopic (exact) mass is 514 g/mol. The molecule has 0 fully saturated rings. The molecule has 14 heteroatoms. The van der Waals surface area contributed by atoms with Crippen molar-refractivity contribution in [1.82, 2.24) is 16.0 Å². The molecular formula is C16H26N4O8SSe.